The molecule has 0 bridgehead atoms. The number of nitrogens with zero attached hydrogens (tertiary/aromatic N) is 1. The quantitative estimate of drug-likeness (QED) is 0.644. The summed E-state index contributed by atoms with van der Waals surface area (Å²) in [6.07, 6.45) is 4.22. The smallest absolute Gasteiger partial charge is 0.273 e. The maximum absolute atomic E-state index is 10.9. The summed E-state index contributed by atoms with van der Waals surface area (Å²) in [5, 5.41) is 21.0. The molecule has 1 aliphatic carbocycles. The van der Waals surface area contributed by atoms with Crippen molar-refractivity contribution in [1.29, 1.82) is 0 Å². The summed E-state index contributed by atoms with van der Waals surface area (Å²) in [4.78, 5) is 10.4. The fraction of sp³-hybridized carbons (Fsp3) is 0.538. The van der Waals surface area contributed by atoms with Crippen LogP contribution < -0.4 is 10.5 Å². The van der Waals surface area contributed by atoms with Crippen LogP contribution in [0.2, 0.25) is 0 Å². The molecule has 0 aliphatic heterocycles. The van der Waals surface area contributed by atoms with Gasteiger partial charge in [0.05, 0.1) is 18.1 Å². The van der Waals surface area contributed by atoms with Crippen molar-refractivity contribution in [3.05, 3.63) is 27.8 Å². The van der Waals surface area contributed by atoms with Crippen LogP contribution >= 0.6 is 0 Å². The van der Waals surface area contributed by atoms with Gasteiger partial charge in [-0.25, -0.2) is 0 Å². The van der Waals surface area contributed by atoms with Crippen LogP contribution in [-0.2, 0) is 0 Å². The summed E-state index contributed by atoms with van der Waals surface area (Å²) < 4.78 is 4.98. The summed E-state index contributed by atoms with van der Waals surface area (Å²) in [5.41, 5.74) is 6.44. The van der Waals surface area contributed by atoms with E-state index in [1.54, 1.807) is 0 Å². The van der Waals surface area contributed by atoms with Gasteiger partial charge in [0.15, 0.2) is 11.5 Å². The first-order valence-electron chi connectivity index (χ1n) is 6.35. The first-order valence-corrected chi connectivity index (χ1v) is 6.35. The van der Waals surface area contributed by atoms with Gasteiger partial charge in [-0.3, -0.25) is 10.1 Å². The number of ether oxygens (including phenoxy) is 1. The largest absolute Gasteiger partial charge is 0.504 e. The third kappa shape index (κ3) is 2.63. The second-order valence-electron chi connectivity index (χ2n) is 4.91. The highest BCUT2D eigenvalue weighted by Crippen LogP contribution is 2.42. The summed E-state index contributed by atoms with van der Waals surface area (Å²) in [7, 11) is 1.36. The molecule has 1 aromatic carbocycles. The highest BCUT2D eigenvalue weighted by Gasteiger charge is 2.28. The van der Waals surface area contributed by atoms with Crippen LogP contribution in [0, 0.1) is 16.0 Å². The van der Waals surface area contributed by atoms with Crippen molar-refractivity contribution in [2.45, 2.75) is 31.7 Å². The Morgan fingerprint density at radius 1 is 1.47 bits per heavy atom. The number of phenolic OH excluding ortho intramolecular Hbond substituents is 1. The molecule has 1 aliphatic rings. The Morgan fingerprint density at radius 2 is 2.11 bits per heavy atom. The highest BCUT2D eigenvalue weighted by atomic mass is 16.6. The Morgan fingerprint density at radius 3 is 2.63 bits per heavy atom. The zero-order chi connectivity index (χ0) is 14.0. The van der Waals surface area contributed by atoms with Gasteiger partial charge in [0, 0.05) is 17.7 Å². The minimum atomic E-state index is -0.507. The molecule has 3 N–H and O–H groups in total. The molecule has 104 valence electrons. The van der Waals surface area contributed by atoms with E-state index in [0.717, 1.165) is 25.7 Å². The number of nitrogens with two attached hydrogens (primary N) is 1. The molecule has 0 saturated heterocycles. The van der Waals surface area contributed by atoms with Crippen molar-refractivity contribution in [3.8, 4) is 11.5 Å². The maximum Gasteiger partial charge on any atom is 0.273 e. The summed E-state index contributed by atoms with van der Waals surface area (Å²) in [6, 6.07) is 2.16. The Bertz CT molecular complexity index is 484. The van der Waals surface area contributed by atoms with Gasteiger partial charge in [-0.1, -0.05) is 12.8 Å². The normalized spacial score (nSPS) is 17.4. The van der Waals surface area contributed by atoms with Crippen molar-refractivity contribution in [1.82, 2.24) is 0 Å². The van der Waals surface area contributed by atoms with Gasteiger partial charge in [0.25, 0.3) is 5.69 Å². The average molecular weight is 266 g/mol. The number of methoxy groups -OCH3 is 1. The van der Waals surface area contributed by atoms with Crippen molar-refractivity contribution < 1.29 is 14.8 Å². The highest BCUT2D eigenvalue weighted by molar-refractivity contribution is 5.54. The topological polar surface area (TPSA) is 98.6 Å². The predicted octanol–water partition coefficient (Wildman–Crippen LogP) is 2.50. The number of hydrogen-bond acceptors (Lipinski definition) is 5. The van der Waals surface area contributed by atoms with Crippen LogP contribution in [0.25, 0.3) is 0 Å². The van der Waals surface area contributed by atoms with Gasteiger partial charge < -0.3 is 15.6 Å². The fourth-order valence-electron chi connectivity index (χ4n) is 2.70. The third-order valence-electron chi connectivity index (χ3n) is 3.79. The van der Waals surface area contributed by atoms with E-state index in [9.17, 15) is 15.2 Å². The number of non-ortho nitro benzene ring substituents is 1. The monoisotopic (exact) mass is 266 g/mol. The van der Waals surface area contributed by atoms with Gasteiger partial charge in [0.2, 0.25) is 0 Å². The van der Waals surface area contributed by atoms with Crippen LogP contribution in [0.15, 0.2) is 12.1 Å². The van der Waals surface area contributed by atoms with Crippen molar-refractivity contribution >= 4 is 5.69 Å². The van der Waals surface area contributed by atoms with Crippen molar-refractivity contribution in [3.63, 3.8) is 0 Å². The number of nitro groups is 1. The number of nitro benzene ring substituents is 1. The minimum absolute atomic E-state index is 0.0903. The first-order chi connectivity index (χ1) is 9.04. The van der Waals surface area contributed by atoms with Crippen LogP contribution in [-0.4, -0.2) is 17.1 Å². The number of hydrogen-bond donors (Lipinski definition) is 2. The third-order valence-corrected chi connectivity index (χ3v) is 3.79. The molecule has 6 heteroatoms. The maximum atomic E-state index is 10.9. The molecule has 0 radical (unpaired) electrons. The van der Waals surface area contributed by atoms with E-state index in [1.807, 2.05) is 0 Å². The lowest BCUT2D eigenvalue weighted by molar-refractivity contribution is -0.385. The summed E-state index contributed by atoms with van der Waals surface area (Å²) >= 11 is 0. The standard InChI is InChI=1S/C13H18N2O4/c1-19-11-7-9(15(17)18)6-10(13(11)16)12(14)8-4-2-3-5-8/h6-8,12,16H,2-5,14H2,1H3/t12-/m0/s1. The van der Waals surface area contributed by atoms with Gasteiger partial charge in [-0.2, -0.15) is 0 Å². The van der Waals surface area contributed by atoms with Crippen molar-refractivity contribution in [2.24, 2.45) is 11.7 Å². The molecule has 0 heterocycles. The fourth-order valence-corrected chi connectivity index (χ4v) is 2.70. The molecule has 0 amide bonds. The second-order valence-corrected chi connectivity index (χ2v) is 4.91. The Kier molecular flexibility index (Phi) is 3.90. The minimum Gasteiger partial charge on any atom is -0.504 e. The average Bonchev–Trinajstić information content (AvgIpc) is 2.91. The SMILES string of the molecule is COc1cc([N+](=O)[O-])cc([C@@H](N)C2CCCC2)c1O. The van der Waals surface area contributed by atoms with E-state index >= 15 is 0 Å². The van der Waals surface area contributed by atoms with E-state index in [1.165, 1.54) is 19.2 Å². The molecule has 1 atom stereocenters. The van der Waals surface area contributed by atoms with Crippen LogP contribution in [0.3, 0.4) is 0 Å². The number of aromatic hydroxyl groups is 1. The lowest BCUT2D eigenvalue weighted by atomic mass is 9.91. The Balaban J connectivity index is 2.42. The number of phenols is 1. The molecule has 6 nitrogen and oxygen atoms in total. The van der Waals surface area contributed by atoms with E-state index in [0.29, 0.717) is 5.56 Å². The summed E-state index contributed by atoms with van der Waals surface area (Å²) in [6.45, 7) is 0. The van der Waals surface area contributed by atoms with Crippen LogP contribution in [0.1, 0.15) is 37.3 Å². The summed E-state index contributed by atoms with van der Waals surface area (Å²) in [5.74, 6) is 0.266. The molecular weight excluding hydrogens is 248 g/mol. The van der Waals surface area contributed by atoms with Gasteiger partial charge >= 0.3 is 0 Å². The van der Waals surface area contributed by atoms with E-state index in [2.05, 4.69) is 0 Å². The molecule has 0 unspecified atom stereocenters. The lowest BCUT2D eigenvalue weighted by Gasteiger charge is -2.21. The molecule has 2 rings (SSSR count). The van der Waals surface area contributed by atoms with Gasteiger partial charge in [-0.05, 0) is 18.8 Å². The zero-order valence-corrected chi connectivity index (χ0v) is 10.8. The first kappa shape index (κ1) is 13.6. The molecule has 19 heavy (non-hydrogen) atoms. The molecule has 0 spiro atoms. The lowest BCUT2D eigenvalue weighted by Crippen LogP contribution is -2.19. The van der Waals surface area contributed by atoms with E-state index in [-0.39, 0.29) is 23.1 Å². The van der Waals surface area contributed by atoms with E-state index < -0.39 is 11.0 Å². The number of rotatable bonds is 4. The Hall–Kier alpha value is -1.82. The molecular formula is C13H18N2O4. The second kappa shape index (κ2) is 5.44. The molecule has 1 fully saturated rings. The number of benzene rings is 1. The van der Waals surface area contributed by atoms with Crippen molar-refractivity contribution in [2.75, 3.05) is 7.11 Å². The van der Waals surface area contributed by atoms with E-state index in [4.69, 9.17) is 10.5 Å². The molecule has 1 aromatic rings. The predicted molar refractivity (Wildman–Crippen MR) is 70.2 cm³/mol. The van der Waals surface area contributed by atoms with Crippen LogP contribution in [0.4, 0.5) is 5.69 Å². The van der Waals surface area contributed by atoms with Gasteiger partial charge in [0.1, 0.15) is 0 Å². The van der Waals surface area contributed by atoms with Gasteiger partial charge in [-0.15, -0.1) is 0 Å². The zero-order valence-electron chi connectivity index (χ0n) is 10.8. The molecule has 1 saturated carbocycles. The Labute approximate surface area is 111 Å². The van der Waals surface area contributed by atoms with Crippen LogP contribution in [0.5, 0.6) is 11.5 Å². The molecule has 0 aromatic heterocycles.